The van der Waals surface area contributed by atoms with E-state index in [4.69, 9.17) is 0 Å². The van der Waals surface area contributed by atoms with Gasteiger partial charge in [-0.3, -0.25) is 9.59 Å². The van der Waals surface area contributed by atoms with Gasteiger partial charge in [-0.2, -0.15) is 9.61 Å². The smallest absolute Gasteiger partial charge is 0.256 e. The summed E-state index contributed by atoms with van der Waals surface area (Å²) in [6.45, 7) is 7.46. The fourth-order valence-electron chi connectivity index (χ4n) is 3.24. The number of nitrogens with one attached hydrogen (secondary N) is 1. The first kappa shape index (κ1) is 19.4. The van der Waals surface area contributed by atoms with Crippen molar-refractivity contribution in [2.24, 2.45) is 0 Å². The monoisotopic (exact) mass is 409 g/mol. The second-order valence-corrected chi connectivity index (χ2v) is 9.18. The number of rotatable bonds is 3. The van der Waals surface area contributed by atoms with Gasteiger partial charge in [-0.05, 0) is 23.1 Å². The molecule has 7 nitrogen and oxygen atoms in total. The highest BCUT2D eigenvalue weighted by Gasteiger charge is 2.22. The third kappa shape index (κ3) is 4.12. The molecule has 1 amide bonds. The largest absolute Gasteiger partial charge is 0.347 e. The Morgan fingerprint density at radius 2 is 1.93 bits per heavy atom. The van der Waals surface area contributed by atoms with Crippen molar-refractivity contribution < 1.29 is 9.59 Å². The zero-order valence-electron chi connectivity index (χ0n) is 16.7. The average Bonchev–Trinajstić information content (AvgIpc) is 3.15. The number of carbonyl (C=O) groups excluding carboxylic acids is 2. The number of nitrogens with zero attached hydrogens (tertiary/aromatic N) is 4. The predicted octanol–water partition coefficient (Wildman–Crippen LogP) is 3.36. The lowest BCUT2D eigenvalue weighted by atomic mass is 9.87. The summed E-state index contributed by atoms with van der Waals surface area (Å²) in [4.78, 5) is 31.1. The zero-order chi connectivity index (χ0) is 20.6. The molecule has 0 spiro atoms. The molecule has 1 fully saturated rings. The molecule has 29 heavy (non-hydrogen) atoms. The molecule has 1 aromatic carbocycles. The van der Waals surface area contributed by atoms with Crippen molar-refractivity contribution in [1.29, 1.82) is 0 Å². The highest BCUT2D eigenvalue weighted by molar-refractivity contribution is 8.13. The standard InChI is InChI=1S/C21H23N5O2S/c1-21(2,3)15-6-4-14(5-7-15)20(28)24-16-12-18(25-10-11-29-19(27)13-25)26-17(23-16)8-9-22-26/h4-9,12H,10-11,13H2,1-3H3,(H,23,24,28). The van der Waals surface area contributed by atoms with E-state index < -0.39 is 0 Å². The van der Waals surface area contributed by atoms with Gasteiger partial charge in [0.2, 0.25) is 5.12 Å². The van der Waals surface area contributed by atoms with Crippen molar-refractivity contribution in [3.8, 4) is 0 Å². The molecule has 1 saturated heterocycles. The molecule has 0 bridgehead atoms. The van der Waals surface area contributed by atoms with Crippen LogP contribution in [0.1, 0.15) is 36.7 Å². The minimum atomic E-state index is -0.224. The first-order valence-corrected chi connectivity index (χ1v) is 10.5. The third-order valence-corrected chi connectivity index (χ3v) is 5.70. The van der Waals surface area contributed by atoms with E-state index in [-0.39, 0.29) is 16.4 Å². The van der Waals surface area contributed by atoms with Crippen molar-refractivity contribution >= 4 is 40.1 Å². The summed E-state index contributed by atoms with van der Waals surface area (Å²) < 4.78 is 1.69. The molecule has 1 aliphatic heterocycles. The van der Waals surface area contributed by atoms with Gasteiger partial charge in [0.1, 0.15) is 11.6 Å². The van der Waals surface area contributed by atoms with Gasteiger partial charge < -0.3 is 10.2 Å². The lowest BCUT2D eigenvalue weighted by molar-refractivity contribution is -0.110. The molecule has 2 aromatic heterocycles. The molecule has 0 aliphatic carbocycles. The Morgan fingerprint density at radius 1 is 1.17 bits per heavy atom. The van der Waals surface area contributed by atoms with Crippen molar-refractivity contribution in [1.82, 2.24) is 14.6 Å². The Labute approximate surface area is 173 Å². The van der Waals surface area contributed by atoms with Gasteiger partial charge in [0.15, 0.2) is 5.65 Å². The molecule has 1 N–H and O–H groups in total. The van der Waals surface area contributed by atoms with E-state index in [0.717, 1.165) is 18.1 Å². The number of amides is 1. The molecule has 0 saturated carbocycles. The van der Waals surface area contributed by atoms with Gasteiger partial charge in [-0.1, -0.05) is 44.7 Å². The van der Waals surface area contributed by atoms with Crippen LogP contribution >= 0.6 is 11.8 Å². The summed E-state index contributed by atoms with van der Waals surface area (Å²) >= 11 is 1.34. The Kier molecular flexibility index (Phi) is 5.04. The molecule has 3 heterocycles. The summed E-state index contributed by atoms with van der Waals surface area (Å²) in [7, 11) is 0. The molecule has 0 radical (unpaired) electrons. The van der Waals surface area contributed by atoms with E-state index in [0.29, 0.717) is 23.6 Å². The second kappa shape index (κ2) is 7.51. The van der Waals surface area contributed by atoms with Crippen molar-refractivity contribution in [3.05, 3.63) is 53.7 Å². The van der Waals surface area contributed by atoms with Gasteiger partial charge in [0, 0.05) is 30.0 Å². The second-order valence-electron chi connectivity index (χ2n) is 8.02. The number of hydrogen-bond acceptors (Lipinski definition) is 6. The van der Waals surface area contributed by atoms with Crippen LogP contribution in [0.3, 0.4) is 0 Å². The van der Waals surface area contributed by atoms with E-state index in [2.05, 4.69) is 36.2 Å². The SMILES string of the molecule is CC(C)(C)c1ccc(C(=O)Nc2cc(N3CCSC(=O)C3)n3nccc3n2)cc1. The zero-order valence-corrected chi connectivity index (χ0v) is 17.5. The maximum absolute atomic E-state index is 12.7. The summed E-state index contributed by atoms with van der Waals surface area (Å²) in [5.74, 6) is 1.68. The van der Waals surface area contributed by atoms with E-state index in [1.54, 1.807) is 22.8 Å². The lowest BCUT2D eigenvalue weighted by Crippen LogP contribution is -2.36. The van der Waals surface area contributed by atoms with Crippen molar-refractivity contribution in [2.45, 2.75) is 26.2 Å². The summed E-state index contributed by atoms with van der Waals surface area (Å²) in [6.07, 6.45) is 1.66. The van der Waals surface area contributed by atoms with Crippen molar-refractivity contribution in [3.63, 3.8) is 0 Å². The van der Waals surface area contributed by atoms with Crippen molar-refractivity contribution in [2.75, 3.05) is 29.1 Å². The summed E-state index contributed by atoms with van der Waals surface area (Å²) in [5.41, 5.74) is 2.39. The number of anilines is 2. The molecule has 0 unspecified atom stereocenters. The van der Waals surface area contributed by atoms with E-state index in [1.165, 1.54) is 17.3 Å². The summed E-state index contributed by atoms with van der Waals surface area (Å²) in [6, 6.07) is 11.2. The molecule has 3 aromatic rings. The normalized spacial score (nSPS) is 15.0. The van der Waals surface area contributed by atoms with Gasteiger partial charge >= 0.3 is 0 Å². The molecule has 4 rings (SSSR count). The number of aromatic nitrogens is 3. The van der Waals surface area contributed by atoms with Gasteiger partial charge in [-0.15, -0.1) is 0 Å². The first-order chi connectivity index (χ1) is 13.8. The maximum atomic E-state index is 12.7. The van der Waals surface area contributed by atoms with Crippen LogP contribution in [0.4, 0.5) is 11.6 Å². The molecule has 150 valence electrons. The van der Waals surface area contributed by atoms with Crippen LogP contribution in [0.15, 0.2) is 42.6 Å². The van der Waals surface area contributed by atoms with Crippen LogP contribution in [0, 0.1) is 0 Å². The molecule has 8 heteroatoms. The van der Waals surface area contributed by atoms with Crippen LogP contribution in [0.2, 0.25) is 0 Å². The molecule has 1 aliphatic rings. The fraction of sp³-hybridized carbons (Fsp3) is 0.333. The Morgan fingerprint density at radius 3 is 2.62 bits per heavy atom. The van der Waals surface area contributed by atoms with Crippen LogP contribution in [-0.2, 0) is 10.2 Å². The maximum Gasteiger partial charge on any atom is 0.256 e. The van der Waals surface area contributed by atoms with Crippen LogP contribution in [0.5, 0.6) is 0 Å². The lowest BCUT2D eigenvalue weighted by Gasteiger charge is -2.27. The minimum absolute atomic E-state index is 0.0304. The topological polar surface area (TPSA) is 79.6 Å². The Balaban J connectivity index is 1.61. The number of thioether (sulfide) groups is 1. The van der Waals surface area contributed by atoms with E-state index >= 15 is 0 Å². The van der Waals surface area contributed by atoms with Crippen LogP contribution in [0.25, 0.3) is 5.65 Å². The third-order valence-electron chi connectivity index (χ3n) is 4.86. The average molecular weight is 410 g/mol. The van der Waals surface area contributed by atoms with E-state index in [1.807, 2.05) is 29.2 Å². The first-order valence-electron chi connectivity index (χ1n) is 9.48. The number of benzene rings is 1. The summed E-state index contributed by atoms with van der Waals surface area (Å²) in [5, 5.41) is 7.32. The fourth-order valence-corrected chi connectivity index (χ4v) is 4.03. The van der Waals surface area contributed by atoms with Gasteiger partial charge in [0.25, 0.3) is 5.91 Å². The molecular weight excluding hydrogens is 386 g/mol. The Hall–Kier alpha value is -2.87. The van der Waals surface area contributed by atoms with Crippen LogP contribution in [-0.4, -0.2) is 44.5 Å². The Bertz CT molecular complexity index is 1070. The molecule has 0 atom stereocenters. The van der Waals surface area contributed by atoms with Gasteiger partial charge in [0.05, 0.1) is 12.7 Å². The highest BCUT2D eigenvalue weighted by atomic mass is 32.2. The highest BCUT2D eigenvalue weighted by Crippen LogP contribution is 2.25. The number of fused-ring (bicyclic) bond motifs is 1. The minimum Gasteiger partial charge on any atom is -0.347 e. The van der Waals surface area contributed by atoms with E-state index in [9.17, 15) is 9.59 Å². The number of carbonyl (C=O) groups is 2. The number of hydrogen-bond donors (Lipinski definition) is 1. The van der Waals surface area contributed by atoms with Gasteiger partial charge in [-0.25, -0.2) is 4.98 Å². The van der Waals surface area contributed by atoms with Crippen LogP contribution < -0.4 is 10.2 Å². The quantitative estimate of drug-likeness (QED) is 0.715. The predicted molar refractivity (Wildman–Crippen MR) is 116 cm³/mol. The molecular formula is C21H23N5O2S.